The highest BCUT2D eigenvalue weighted by Gasteiger charge is 2.42. The molecule has 1 spiro atoms. The Morgan fingerprint density at radius 3 is 2.88 bits per heavy atom. The summed E-state index contributed by atoms with van der Waals surface area (Å²) in [6, 6.07) is -0.425. The van der Waals surface area contributed by atoms with E-state index in [1.54, 1.807) is 11.8 Å². The summed E-state index contributed by atoms with van der Waals surface area (Å²) in [5.41, 5.74) is 1.25. The summed E-state index contributed by atoms with van der Waals surface area (Å²) in [5, 5.41) is 5.67. The summed E-state index contributed by atoms with van der Waals surface area (Å²) in [6.45, 7) is 3.73. The maximum Gasteiger partial charge on any atom is 0.319 e. The topological polar surface area (TPSA) is 70.7 Å². The molecule has 0 aromatic rings. The molecule has 6 nitrogen and oxygen atoms in total. The van der Waals surface area contributed by atoms with Gasteiger partial charge in [-0.2, -0.15) is 11.8 Å². The van der Waals surface area contributed by atoms with Crippen LogP contribution in [0.3, 0.4) is 0 Å². The van der Waals surface area contributed by atoms with Crippen LogP contribution in [-0.4, -0.2) is 60.2 Å². The van der Waals surface area contributed by atoms with Gasteiger partial charge in [0, 0.05) is 12.2 Å². The van der Waals surface area contributed by atoms with Crippen molar-refractivity contribution in [3.63, 3.8) is 0 Å². The van der Waals surface area contributed by atoms with Crippen LogP contribution in [0.15, 0.2) is 11.3 Å². The van der Waals surface area contributed by atoms with E-state index in [1.807, 2.05) is 18.1 Å². The van der Waals surface area contributed by atoms with Gasteiger partial charge in [0.1, 0.15) is 0 Å². The molecule has 1 aliphatic carbocycles. The van der Waals surface area contributed by atoms with Crippen molar-refractivity contribution in [2.45, 2.75) is 50.7 Å². The molecule has 0 aromatic carbocycles. The second-order valence-corrected chi connectivity index (χ2v) is 7.92. The number of morpholine rings is 1. The Morgan fingerprint density at radius 2 is 2.17 bits per heavy atom. The molecule has 0 radical (unpaired) electrons. The van der Waals surface area contributed by atoms with Crippen LogP contribution in [0.5, 0.6) is 0 Å². The first kappa shape index (κ1) is 17.6. The van der Waals surface area contributed by atoms with Gasteiger partial charge in [0.05, 0.1) is 30.4 Å². The van der Waals surface area contributed by atoms with Crippen LogP contribution < -0.4 is 10.6 Å². The highest BCUT2D eigenvalue weighted by atomic mass is 32.2. The van der Waals surface area contributed by atoms with E-state index in [2.05, 4.69) is 10.6 Å². The summed E-state index contributed by atoms with van der Waals surface area (Å²) in [6.07, 6.45) is 7.24. The maximum atomic E-state index is 13.2. The van der Waals surface area contributed by atoms with Gasteiger partial charge in [-0.1, -0.05) is 12.8 Å². The lowest BCUT2D eigenvalue weighted by atomic mass is 9.96. The van der Waals surface area contributed by atoms with Gasteiger partial charge < -0.3 is 20.3 Å². The Hall–Kier alpha value is -1.21. The zero-order chi connectivity index (χ0) is 17.2. The zero-order valence-electron chi connectivity index (χ0n) is 14.5. The molecule has 7 heteroatoms. The Balaban J connectivity index is 1.78. The largest absolute Gasteiger partial charge is 0.371 e. The minimum atomic E-state index is -0.218. The maximum absolute atomic E-state index is 13.2. The fraction of sp³-hybridized carbons (Fsp3) is 0.765. The third-order valence-electron chi connectivity index (χ3n) is 5.25. The molecule has 3 rings (SSSR count). The third-order valence-corrected chi connectivity index (χ3v) is 5.89. The number of allylic oxidation sites excluding steroid dienone is 1. The first-order valence-corrected chi connectivity index (χ1v) is 10.1. The average molecular weight is 353 g/mol. The van der Waals surface area contributed by atoms with E-state index < -0.39 is 0 Å². The first-order valence-electron chi connectivity index (χ1n) is 8.75. The summed E-state index contributed by atoms with van der Waals surface area (Å²) in [4.78, 5) is 26.9. The molecule has 2 aliphatic heterocycles. The van der Waals surface area contributed by atoms with Gasteiger partial charge in [0.2, 0.25) is 0 Å². The molecule has 2 heterocycles. The Kier molecular flexibility index (Phi) is 5.39. The summed E-state index contributed by atoms with van der Waals surface area (Å²) >= 11 is 1.72. The van der Waals surface area contributed by atoms with E-state index in [0.717, 1.165) is 25.0 Å². The van der Waals surface area contributed by atoms with Crippen LogP contribution in [-0.2, 0) is 9.53 Å². The molecule has 1 unspecified atom stereocenters. The fourth-order valence-corrected chi connectivity index (χ4v) is 4.51. The van der Waals surface area contributed by atoms with Crippen molar-refractivity contribution < 1.29 is 14.3 Å². The van der Waals surface area contributed by atoms with Crippen molar-refractivity contribution >= 4 is 23.7 Å². The van der Waals surface area contributed by atoms with Crippen molar-refractivity contribution in [1.82, 2.24) is 15.5 Å². The Labute approximate surface area is 147 Å². The standard InChI is InChI=1S/C17H27N3O3S/c1-12-14(13(5-10-24-2)19-16(22)18-12)15(21)20-8-9-23-17(11-20)6-3-4-7-17/h13H,3-11H2,1-2H3,(H2,18,19,22). The Morgan fingerprint density at radius 1 is 1.42 bits per heavy atom. The molecule has 24 heavy (non-hydrogen) atoms. The molecule has 3 amide bonds. The van der Waals surface area contributed by atoms with Crippen molar-refractivity contribution in [3.05, 3.63) is 11.3 Å². The lowest BCUT2D eigenvalue weighted by Crippen LogP contribution is -2.56. The number of rotatable bonds is 4. The highest BCUT2D eigenvalue weighted by molar-refractivity contribution is 7.98. The van der Waals surface area contributed by atoms with Crippen LogP contribution in [0, 0.1) is 0 Å². The predicted octanol–water partition coefficient (Wildman–Crippen LogP) is 1.87. The van der Waals surface area contributed by atoms with E-state index in [-0.39, 0.29) is 23.6 Å². The third kappa shape index (κ3) is 3.57. The first-order chi connectivity index (χ1) is 11.5. The molecule has 0 bridgehead atoms. The van der Waals surface area contributed by atoms with Crippen molar-refractivity contribution in [2.75, 3.05) is 31.7 Å². The number of carbonyl (C=O) groups is 2. The number of urea groups is 1. The van der Waals surface area contributed by atoms with Gasteiger partial charge in [0.25, 0.3) is 5.91 Å². The van der Waals surface area contributed by atoms with Crippen molar-refractivity contribution in [3.8, 4) is 0 Å². The van der Waals surface area contributed by atoms with E-state index in [9.17, 15) is 9.59 Å². The van der Waals surface area contributed by atoms with Crippen LogP contribution in [0.2, 0.25) is 0 Å². The number of amides is 3. The van der Waals surface area contributed by atoms with Gasteiger partial charge in [-0.3, -0.25) is 4.79 Å². The molecule has 1 atom stereocenters. The quantitative estimate of drug-likeness (QED) is 0.809. The monoisotopic (exact) mass is 353 g/mol. The minimum Gasteiger partial charge on any atom is -0.371 e. The van der Waals surface area contributed by atoms with Crippen LogP contribution >= 0.6 is 11.8 Å². The summed E-state index contributed by atoms with van der Waals surface area (Å²) < 4.78 is 6.03. The van der Waals surface area contributed by atoms with Gasteiger partial charge in [-0.15, -0.1) is 0 Å². The van der Waals surface area contributed by atoms with Crippen molar-refractivity contribution in [1.29, 1.82) is 0 Å². The molecule has 0 aromatic heterocycles. The molecular weight excluding hydrogens is 326 g/mol. The van der Waals surface area contributed by atoms with Gasteiger partial charge >= 0.3 is 6.03 Å². The number of hydrogen-bond acceptors (Lipinski definition) is 4. The van der Waals surface area contributed by atoms with Gasteiger partial charge in [0.15, 0.2) is 0 Å². The number of nitrogens with one attached hydrogen (secondary N) is 2. The number of carbonyl (C=O) groups excluding carboxylic acids is 2. The average Bonchev–Trinajstić information content (AvgIpc) is 2.99. The lowest BCUT2D eigenvalue weighted by Gasteiger charge is -2.42. The van der Waals surface area contributed by atoms with E-state index in [0.29, 0.717) is 31.0 Å². The summed E-state index contributed by atoms with van der Waals surface area (Å²) in [5.74, 6) is 0.947. The molecule has 134 valence electrons. The predicted molar refractivity (Wildman–Crippen MR) is 94.9 cm³/mol. The molecule has 1 saturated carbocycles. The Bertz CT molecular complexity index is 543. The van der Waals surface area contributed by atoms with Gasteiger partial charge in [-0.05, 0) is 38.2 Å². The molecule has 2 fully saturated rings. The number of hydrogen-bond donors (Lipinski definition) is 2. The number of thioether (sulfide) groups is 1. The SMILES string of the molecule is CSCCC1NC(=O)NC(C)=C1C(=O)N1CCOC2(CCCC2)C1. The fourth-order valence-electron chi connectivity index (χ4n) is 4.04. The van der Waals surface area contributed by atoms with Crippen LogP contribution in [0.4, 0.5) is 4.79 Å². The molecular formula is C17H27N3O3S. The van der Waals surface area contributed by atoms with Crippen molar-refractivity contribution in [2.24, 2.45) is 0 Å². The number of ether oxygens (including phenoxy) is 1. The number of nitrogens with zero attached hydrogens (tertiary/aromatic N) is 1. The van der Waals surface area contributed by atoms with Crippen LogP contribution in [0.1, 0.15) is 39.0 Å². The normalized spacial score (nSPS) is 26.5. The molecule has 2 N–H and O–H groups in total. The molecule has 3 aliphatic rings. The van der Waals surface area contributed by atoms with E-state index in [4.69, 9.17) is 4.74 Å². The lowest BCUT2D eigenvalue weighted by molar-refractivity contribution is -0.146. The second kappa shape index (κ2) is 7.35. The van der Waals surface area contributed by atoms with Crippen LogP contribution in [0.25, 0.3) is 0 Å². The second-order valence-electron chi connectivity index (χ2n) is 6.94. The molecule has 1 saturated heterocycles. The van der Waals surface area contributed by atoms with E-state index >= 15 is 0 Å². The summed E-state index contributed by atoms with van der Waals surface area (Å²) in [7, 11) is 0. The smallest absolute Gasteiger partial charge is 0.319 e. The zero-order valence-corrected chi connectivity index (χ0v) is 15.3. The minimum absolute atomic E-state index is 0.0423. The highest BCUT2D eigenvalue weighted by Crippen LogP contribution is 2.36. The van der Waals surface area contributed by atoms with E-state index in [1.165, 1.54) is 12.8 Å². The van der Waals surface area contributed by atoms with Gasteiger partial charge in [-0.25, -0.2) is 4.79 Å².